The molecule has 3 rings (SSSR count). The van der Waals surface area contributed by atoms with Crippen LogP contribution >= 0.6 is 11.8 Å². The summed E-state index contributed by atoms with van der Waals surface area (Å²) in [5.41, 5.74) is 1.24. The van der Waals surface area contributed by atoms with Crippen LogP contribution < -0.4 is 5.32 Å². The van der Waals surface area contributed by atoms with E-state index < -0.39 is 30.0 Å². The third-order valence-electron chi connectivity index (χ3n) is 5.13. The quantitative estimate of drug-likeness (QED) is 0.632. The molecule has 1 saturated heterocycles. The lowest BCUT2D eigenvalue weighted by Gasteiger charge is -2.32. The Morgan fingerprint density at radius 3 is 2.41 bits per heavy atom. The average molecular weight is 387 g/mol. The molecule has 0 spiro atoms. The number of benzene rings is 1. The van der Waals surface area contributed by atoms with Crippen LogP contribution in [0, 0.1) is 0 Å². The molecule has 2 aliphatic rings. The van der Waals surface area contributed by atoms with Crippen molar-refractivity contribution in [1.29, 1.82) is 0 Å². The van der Waals surface area contributed by atoms with Crippen molar-refractivity contribution in [3.8, 4) is 0 Å². The van der Waals surface area contributed by atoms with Gasteiger partial charge in [0.05, 0.1) is 22.5 Å². The number of para-hydroxylation sites is 1. The topological polar surface area (TPSA) is 81.7 Å². The van der Waals surface area contributed by atoms with Crippen molar-refractivity contribution < 1.29 is 23.7 Å². The summed E-state index contributed by atoms with van der Waals surface area (Å²) in [4.78, 5) is 35.2. The van der Waals surface area contributed by atoms with Gasteiger partial charge in [0.2, 0.25) is 0 Å². The second-order valence-electron chi connectivity index (χ2n) is 7.64. The molecule has 0 bridgehead atoms. The summed E-state index contributed by atoms with van der Waals surface area (Å²) < 4.78 is 12.2. The van der Waals surface area contributed by atoms with E-state index in [4.69, 9.17) is 9.31 Å². The van der Waals surface area contributed by atoms with Crippen LogP contribution in [0.2, 0.25) is 0 Å². The molecule has 0 atom stereocenters. The fourth-order valence-electron chi connectivity index (χ4n) is 2.87. The number of carbonyl (C=O) groups is 3. The molecule has 6 nitrogen and oxygen atoms in total. The van der Waals surface area contributed by atoms with Crippen LogP contribution in [0.25, 0.3) is 6.08 Å². The maximum absolute atomic E-state index is 11.9. The molecular formula is C19H22BNO5S. The molecule has 0 radical (unpaired) electrons. The van der Waals surface area contributed by atoms with Crippen LogP contribution in [-0.4, -0.2) is 40.9 Å². The highest BCUT2D eigenvalue weighted by molar-refractivity contribution is 8.13. The molecule has 142 valence electrons. The summed E-state index contributed by atoms with van der Waals surface area (Å²) in [6.07, 6.45) is 1.83. The largest absolute Gasteiger partial charge is 0.491 e. The number of Topliss-reactive ketones (excluding diaryl/α,β-unsaturated/α-hetero) is 1. The number of ketones is 1. The van der Waals surface area contributed by atoms with Crippen LogP contribution in [-0.2, 0) is 18.9 Å². The fourth-order valence-corrected chi connectivity index (χ4v) is 3.46. The fraction of sp³-hybridized carbons (Fsp3) is 0.421. The van der Waals surface area contributed by atoms with Gasteiger partial charge in [-0.2, -0.15) is 0 Å². The van der Waals surface area contributed by atoms with E-state index in [1.165, 1.54) is 6.92 Å². The highest BCUT2D eigenvalue weighted by Gasteiger charge is 2.52. The average Bonchev–Trinajstić information content (AvgIpc) is 2.97. The number of amides is 1. The molecule has 1 aromatic carbocycles. The third-order valence-corrected chi connectivity index (χ3v) is 6.01. The van der Waals surface area contributed by atoms with Gasteiger partial charge >= 0.3 is 7.12 Å². The van der Waals surface area contributed by atoms with Gasteiger partial charge in [0.25, 0.3) is 11.7 Å². The number of fused-ring (bicyclic) bond motifs is 1. The molecule has 0 unspecified atom stereocenters. The predicted molar refractivity (Wildman–Crippen MR) is 107 cm³/mol. The smallest absolute Gasteiger partial charge is 0.400 e. The molecule has 2 aliphatic heterocycles. The van der Waals surface area contributed by atoms with Gasteiger partial charge in [-0.15, -0.1) is 0 Å². The minimum atomic E-state index is -0.638. The maximum atomic E-state index is 11.9. The normalized spacial score (nSPS) is 20.6. The molecule has 0 aromatic heterocycles. The summed E-state index contributed by atoms with van der Waals surface area (Å²) in [5.74, 6) is -0.797. The van der Waals surface area contributed by atoms with E-state index in [9.17, 15) is 14.4 Å². The van der Waals surface area contributed by atoms with Crippen molar-refractivity contribution in [3.63, 3.8) is 0 Å². The van der Waals surface area contributed by atoms with E-state index in [-0.39, 0.29) is 5.12 Å². The van der Waals surface area contributed by atoms with E-state index in [1.807, 2.05) is 33.8 Å². The Balaban J connectivity index is 1.99. The highest BCUT2D eigenvalue weighted by atomic mass is 32.2. The van der Waals surface area contributed by atoms with Crippen LogP contribution in [0.5, 0.6) is 0 Å². The van der Waals surface area contributed by atoms with Gasteiger partial charge in [0.15, 0.2) is 5.12 Å². The maximum Gasteiger partial charge on any atom is 0.491 e. The van der Waals surface area contributed by atoms with Crippen LogP contribution in [0.1, 0.15) is 50.5 Å². The zero-order chi connectivity index (χ0) is 20.0. The number of rotatable bonds is 4. The first kappa shape index (κ1) is 19.9. The molecule has 1 N–H and O–H groups in total. The van der Waals surface area contributed by atoms with Crippen LogP contribution in [0.4, 0.5) is 5.69 Å². The van der Waals surface area contributed by atoms with Crippen LogP contribution in [0.15, 0.2) is 23.7 Å². The molecule has 0 aliphatic carbocycles. The van der Waals surface area contributed by atoms with E-state index in [2.05, 4.69) is 5.32 Å². The zero-order valence-corrected chi connectivity index (χ0v) is 16.9. The zero-order valence-electron chi connectivity index (χ0n) is 16.0. The van der Waals surface area contributed by atoms with Gasteiger partial charge in [0.1, 0.15) is 0 Å². The predicted octanol–water partition coefficient (Wildman–Crippen LogP) is 3.12. The van der Waals surface area contributed by atoms with E-state index in [1.54, 1.807) is 18.2 Å². The number of hydrogen-bond donors (Lipinski definition) is 1. The Hall–Kier alpha value is -1.90. The van der Waals surface area contributed by atoms with Gasteiger partial charge in [-0.1, -0.05) is 30.0 Å². The Bertz CT molecular complexity index is 846. The molecular weight excluding hydrogens is 365 g/mol. The molecule has 1 amide bonds. The number of hydrogen-bond acceptors (Lipinski definition) is 6. The summed E-state index contributed by atoms with van der Waals surface area (Å²) in [6.45, 7) is 9.35. The highest BCUT2D eigenvalue weighted by Crippen LogP contribution is 2.40. The summed E-state index contributed by atoms with van der Waals surface area (Å²) >= 11 is 1.16. The molecule has 27 heavy (non-hydrogen) atoms. The van der Waals surface area contributed by atoms with Crippen molar-refractivity contribution in [2.45, 2.75) is 45.8 Å². The first-order chi connectivity index (χ1) is 12.5. The molecule has 8 heteroatoms. The molecule has 2 heterocycles. The first-order valence-corrected chi connectivity index (χ1v) is 9.68. The minimum absolute atomic E-state index is 0.0146. The number of thioether (sulfide) groups is 1. The number of nitrogens with one attached hydrogen (secondary N) is 1. The second-order valence-corrected chi connectivity index (χ2v) is 8.79. The van der Waals surface area contributed by atoms with Gasteiger partial charge in [0, 0.05) is 12.7 Å². The lowest BCUT2D eigenvalue weighted by Crippen LogP contribution is -2.41. The van der Waals surface area contributed by atoms with Crippen molar-refractivity contribution in [2.75, 3.05) is 11.1 Å². The summed E-state index contributed by atoms with van der Waals surface area (Å²) in [7, 11) is -0.620. The van der Waals surface area contributed by atoms with Gasteiger partial charge in [-0.3, -0.25) is 14.4 Å². The van der Waals surface area contributed by atoms with Gasteiger partial charge in [-0.05, 0) is 44.8 Å². The molecule has 0 saturated carbocycles. The van der Waals surface area contributed by atoms with Crippen molar-refractivity contribution in [3.05, 3.63) is 34.8 Å². The molecule has 1 fully saturated rings. The third kappa shape index (κ3) is 3.74. The Morgan fingerprint density at radius 2 is 1.81 bits per heavy atom. The van der Waals surface area contributed by atoms with Gasteiger partial charge < -0.3 is 14.6 Å². The first-order valence-electron chi connectivity index (χ1n) is 8.70. The lowest BCUT2D eigenvalue weighted by atomic mass is 9.78. The van der Waals surface area contributed by atoms with E-state index in [0.717, 1.165) is 17.2 Å². The van der Waals surface area contributed by atoms with E-state index >= 15 is 0 Å². The van der Waals surface area contributed by atoms with Crippen molar-refractivity contribution >= 4 is 47.4 Å². The SMILES string of the molecule is CC(=O)SCC(=Cc1cccc2c1NC(=O)C2=O)B1OC(C)(C)C(C)(C)O1. The number of anilines is 1. The minimum Gasteiger partial charge on any atom is -0.400 e. The summed E-state index contributed by atoms with van der Waals surface area (Å²) in [6, 6.07) is 5.15. The Morgan fingerprint density at radius 1 is 1.19 bits per heavy atom. The second kappa shape index (κ2) is 6.93. The number of carbonyl (C=O) groups excluding carboxylic acids is 3. The van der Waals surface area contributed by atoms with Crippen molar-refractivity contribution in [2.24, 2.45) is 0 Å². The van der Waals surface area contributed by atoms with Crippen LogP contribution in [0.3, 0.4) is 0 Å². The lowest BCUT2D eigenvalue weighted by molar-refractivity contribution is -0.112. The van der Waals surface area contributed by atoms with Crippen molar-refractivity contribution in [1.82, 2.24) is 0 Å². The standard InChI is InChI=1S/C19H22BNO5S/c1-11(22)27-10-13(20-25-18(2,3)19(4,5)26-20)9-12-7-6-8-14-15(12)21-17(24)16(14)23/h6-9H,10H2,1-5H3,(H,21,23,24). The van der Waals surface area contributed by atoms with E-state index in [0.29, 0.717) is 22.6 Å². The monoisotopic (exact) mass is 387 g/mol. The van der Waals surface area contributed by atoms with Gasteiger partial charge in [-0.25, -0.2) is 0 Å². The summed E-state index contributed by atoms with van der Waals surface area (Å²) in [5, 5.41) is 2.61. The Labute approximate surface area is 163 Å². The Kier molecular flexibility index (Phi) is 5.09. The molecule has 1 aromatic rings.